The first kappa shape index (κ1) is 35.0. The van der Waals surface area contributed by atoms with Crippen LogP contribution >= 0.6 is 23.2 Å². The maximum absolute atomic E-state index is 13.8. The molecule has 4 unspecified atom stereocenters. The van der Waals surface area contributed by atoms with E-state index in [4.69, 9.17) is 27.9 Å². The number of nitrogens with zero attached hydrogens (tertiary/aromatic N) is 4. The van der Waals surface area contributed by atoms with Crippen LogP contribution in [0.3, 0.4) is 0 Å². The van der Waals surface area contributed by atoms with Crippen LogP contribution in [0.1, 0.15) is 22.3 Å². The van der Waals surface area contributed by atoms with Gasteiger partial charge in [0.25, 0.3) is 0 Å². The summed E-state index contributed by atoms with van der Waals surface area (Å²) in [5.74, 6) is 0. The molecule has 0 saturated heterocycles. The summed E-state index contributed by atoms with van der Waals surface area (Å²) in [4.78, 5) is 43.4. The van der Waals surface area contributed by atoms with Crippen LogP contribution in [-0.4, -0.2) is 31.9 Å². The van der Waals surface area contributed by atoms with Crippen molar-refractivity contribution in [3.8, 4) is 0 Å². The van der Waals surface area contributed by atoms with Crippen molar-refractivity contribution in [3.63, 3.8) is 0 Å². The third-order valence-electron chi connectivity index (χ3n) is 7.22. The van der Waals surface area contributed by atoms with Gasteiger partial charge in [-0.05, 0) is 24.3 Å². The summed E-state index contributed by atoms with van der Waals surface area (Å²) in [5.41, 5.74) is -15.5. The van der Waals surface area contributed by atoms with Crippen molar-refractivity contribution in [2.24, 2.45) is 0 Å². The van der Waals surface area contributed by atoms with Crippen molar-refractivity contribution >= 4 is 23.2 Å². The van der Waals surface area contributed by atoms with Gasteiger partial charge in [-0.2, -0.15) is 26.3 Å². The van der Waals surface area contributed by atoms with Gasteiger partial charge in [-0.15, -0.1) is 0 Å². The number of hydrogen-bond acceptors (Lipinski definition) is 9. The van der Waals surface area contributed by atoms with E-state index in [9.17, 15) is 66.8 Å². The fourth-order valence-electron chi connectivity index (χ4n) is 5.29. The molecule has 4 atom stereocenters. The minimum absolute atomic E-state index is 0.381. The molecule has 2 aliphatic rings. The van der Waals surface area contributed by atoms with Gasteiger partial charge in [-0.3, -0.25) is 40.5 Å². The maximum Gasteiger partial charge on any atom is 0.416 e. The van der Waals surface area contributed by atoms with E-state index in [1.54, 1.807) is 0 Å². The Balaban J connectivity index is 1.88. The quantitative estimate of drug-likeness (QED) is 0.124. The van der Waals surface area contributed by atoms with Gasteiger partial charge in [0.15, 0.2) is 0 Å². The molecule has 0 saturated carbocycles. The van der Waals surface area contributed by atoms with Crippen LogP contribution in [0, 0.1) is 40.5 Å². The molecule has 248 valence electrons. The predicted molar refractivity (Wildman–Crippen MR) is 147 cm³/mol. The molecule has 0 aliphatic heterocycles. The molecule has 2 aromatic carbocycles. The van der Waals surface area contributed by atoms with E-state index in [1.807, 2.05) is 0 Å². The summed E-state index contributed by atoms with van der Waals surface area (Å²) in [6.07, 6.45) is -12.4. The summed E-state index contributed by atoms with van der Waals surface area (Å²) < 4.78 is 88.5. The Kier molecular flexibility index (Phi) is 8.97. The lowest BCUT2D eigenvalue weighted by Crippen LogP contribution is -2.45. The van der Waals surface area contributed by atoms with Crippen LogP contribution in [0.15, 0.2) is 94.3 Å². The van der Waals surface area contributed by atoms with Crippen molar-refractivity contribution < 1.29 is 50.8 Å². The lowest BCUT2D eigenvalue weighted by Gasteiger charge is -2.31. The second kappa shape index (κ2) is 12.0. The molecule has 0 N–H and O–H groups in total. The van der Waals surface area contributed by atoms with Crippen molar-refractivity contribution in [3.05, 3.63) is 157 Å². The molecule has 0 radical (unpaired) electrons. The Morgan fingerprint density at radius 1 is 0.617 bits per heavy atom. The van der Waals surface area contributed by atoms with Gasteiger partial charge in [0.05, 0.1) is 32.1 Å². The van der Waals surface area contributed by atoms with E-state index < -0.39 is 99.0 Å². The Morgan fingerprint density at radius 2 is 0.936 bits per heavy atom. The minimum atomic E-state index is -5.23. The zero-order chi connectivity index (χ0) is 35.3. The highest BCUT2D eigenvalue weighted by atomic mass is 35.5. The molecule has 4 rings (SSSR count). The zero-order valence-corrected chi connectivity index (χ0v) is 24.1. The molecule has 0 bridgehead atoms. The van der Waals surface area contributed by atoms with Crippen LogP contribution in [-0.2, 0) is 28.2 Å². The standard InChI is InChI=1S/C26H14Cl2F6N4O9/c27-19-17(9-11-23(37(43)44,21(19)35(39)40)13-5-1-3-7-15(13)25(29,30)31)47-18-10-12-24(38(45)46,22(20(18)28)36(41)42)14-6-2-4-8-16(14)26(32,33)34/h1-12,17-18H. The van der Waals surface area contributed by atoms with E-state index in [1.165, 1.54) is 0 Å². The normalized spacial score (nSPS) is 24.8. The van der Waals surface area contributed by atoms with Crippen LogP contribution in [0.2, 0.25) is 0 Å². The second-order valence-electron chi connectivity index (χ2n) is 9.74. The van der Waals surface area contributed by atoms with Crippen molar-refractivity contribution in [2.75, 3.05) is 0 Å². The van der Waals surface area contributed by atoms with Gasteiger partial charge in [0.1, 0.15) is 22.3 Å². The number of hydrogen-bond donors (Lipinski definition) is 0. The van der Waals surface area contributed by atoms with Gasteiger partial charge in [0, 0.05) is 22.0 Å². The predicted octanol–water partition coefficient (Wildman–Crippen LogP) is 6.72. The Bertz CT molecular complexity index is 1700. The van der Waals surface area contributed by atoms with Gasteiger partial charge >= 0.3 is 34.8 Å². The molecule has 2 aliphatic carbocycles. The maximum atomic E-state index is 13.8. The molecule has 0 fully saturated rings. The zero-order valence-electron chi connectivity index (χ0n) is 22.6. The van der Waals surface area contributed by atoms with Crippen molar-refractivity contribution in [1.82, 2.24) is 0 Å². The number of alkyl halides is 6. The summed E-state index contributed by atoms with van der Waals surface area (Å²) in [5, 5.41) is 46.7. The average molecular weight is 711 g/mol. The number of ether oxygens (including phenoxy) is 1. The summed E-state index contributed by atoms with van der Waals surface area (Å²) in [6, 6.07) is 5.78. The van der Waals surface area contributed by atoms with Crippen LogP contribution < -0.4 is 0 Å². The second-order valence-corrected chi connectivity index (χ2v) is 10.6. The fraction of sp³-hybridized carbons (Fsp3) is 0.231. The van der Waals surface area contributed by atoms with Crippen molar-refractivity contribution in [1.29, 1.82) is 0 Å². The molecule has 21 heteroatoms. The largest absolute Gasteiger partial charge is 0.416 e. The number of benzene rings is 2. The highest BCUT2D eigenvalue weighted by molar-refractivity contribution is 6.31. The van der Waals surface area contributed by atoms with E-state index in [-0.39, 0.29) is 0 Å². The molecule has 13 nitrogen and oxygen atoms in total. The Morgan fingerprint density at radius 3 is 1.21 bits per heavy atom. The average Bonchev–Trinajstić information content (AvgIpc) is 2.97. The molecule has 47 heavy (non-hydrogen) atoms. The highest BCUT2D eigenvalue weighted by Gasteiger charge is 2.63. The summed E-state index contributed by atoms with van der Waals surface area (Å²) >= 11 is 12.3. The van der Waals surface area contributed by atoms with E-state index >= 15 is 0 Å². The molecular formula is C26H14Cl2F6N4O9. The number of nitro groups is 4. The monoisotopic (exact) mass is 710 g/mol. The van der Waals surface area contributed by atoms with Crippen LogP contribution in [0.25, 0.3) is 0 Å². The van der Waals surface area contributed by atoms with Crippen molar-refractivity contribution in [2.45, 2.75) is 35.6 Å². The smallest absolute Gasteiger partial charge is 0.355 e. The molecule has 2 aromatic rings. The van der Waals surface area contributed by atoms with Gasteiger partial charge in [0.2, 0.25) is 0 Å². The number of rotatable bonds is 8. The first-order chi connectivity index (χ1) is 21.7. The first-order valence-corrected chi connectivity index (χ1v) is 13.2. The summed E-state index contributed by atoms with van der Waals surface area (Å²) in [6.45, 7) is 0. The van der Waals surface area contributed by atoms with Crippen LogP contribution in [0.5, 0.6) is 0 Å². The molecule has 0 aromatic heterocycles. The number of halogens is 8. The Hall–Kier alpha value is -4.88. The summed E-state index contributed by atoms with van der Waals surface area (Å²) in [7, 11) is 0. The molecule has 0 heterocycles. The SMILES string of the molecule is O=[N+]([O-])C1=C(Cl)C(OC2C=CC(c3ccccc3C(F)(F)F)([N+](=O)[O-])C([N+](=O)[O-])=C2Cl)C=CC1(c1ccccc1C(F)(F)F)[N+](=O)[O-]. The van der Waals surface area contributed by atoms with E-state index in [0.29, 0.717) is 48.6 Å². The molecule has 0 spiro atoms. The first-order valence-electron chi connectivity index (χ1n) is 12.5. The van der Waals surface area contributed by atoms with Gasteiger partial charge in [-0.1, -0.05) is 59.6 Å². The van der Waals surface area contributed by atoms with E-state index in [2.05, 4.69) is 0 Å². The lowest BCUT2D eigenvalue weighted by atomic mass is 9.79. The van der Waals surface area contributed by atoms with Gasteiger partial charge < -0.3 is 4.74 Å². The topological polar surface area (TPSA) is 182 Å². The molecule has 0 amide bonds. The van der Waals surface area contributed by atoms with E-state index in [0.717, 1.165) is 24.3 Å². The Labute approximate surface area is 266 Å². The fourth-order valence-corrected chi connectivity index (χ4v) is 5.96. The minimum Gasteiger partial charge on any atom is -0.355 e. The third kappa shape index (κ3) is 5.69. The van der Waals surface area contributed by atoms with Crippen LogP contribution in [0.4, 0.5) is 26.3 Å². The third-order valence-corrected chi connectivity index (χ3v) is 8.01. The molecular weight excluding hydrogens is 697 g/mol. The highest BCUT2D eigenvalue weighted by Crippen LogP contribution is 2.49. The van der Waals surface area contributed by atoms with Gasteiger partial charge in [-0.25, -0.2) is 0 Å². The lowest BCUT2D eigenvalue weighted by molar-refractivity contribution is -0.593.